The lowest BCUT2D eigenvalue weighted by molar-refractivity contribution is 1.37. The third-order valence-corrected chi connectivity index (χ3v) is 11.8. The first kappa shape index (κ1) is 32.5. The Morgan fingerprint density at radius 3 is 1.47 bits per heavy atom. The molecule has 0 aliphatic heterocycles. The molecule has 0 atom stereocenters. The van der Waals surface area contributed by atoms with Gasteiger partial charge < -0.3 is 0 Å². The zero-order valence-electron chi connectivity index (χ0n) is 31.4. The van der Waals surface area contributed by atoms with Gasteiger partial charge in [-0.1, -0.05) is 182 Å². The molecule has 0 unspecified atom stereocenters. The molecule has 0 amide bonds. The molecule has 0 bridgehead atoms. The van der Waals surface area contributed by atoms with Crippen LogP contribution in [-0.2, 0) is 0 Å². The maximum atomic E-state index is 5.56. The number of rotatable bonds is 4. The Morgan fingerprint density at radius 2 is 0.741 bits per heavy atom. The molecular formula is C55H33N3. The number of hydrogen-bond acceptors (Lipinski definition) is 3. The van der Waals surface area contributed by atoms with E-state index in [4.69, 9.17) is 15.0 Å². The average Bonchev–Trinajstić information content (AvgIpc) is 3.30. The van der Waals surface area contributed by atoms with Crippen molar-refractivity contribution in [2.75, 3.05) is 0 Å². The van der Waals surface area contributed by atoms with E-state index < -0.39 is 0 Å². The minimum absolute atomic E-state index is 0.907. The van der Waals surface area contributed by atoms with Gasteiger partial charge in [0, 0.05) is 43.6 Å². The molecule has 0 N–H and O–H groups in total. The summed E-state index contributed by atoms with van der Waals surface area (Å²) in [5, 5.41) is 12.9. The highest BCUT2D eigenvalue weighted by molar-refractivity contribution is 6.31. The molecule has 0 saturated carbocycles. The number of hydrogen-bond donors (Lipinski definition) is 0. The van der Waals surface area contributed by atoms with Gasteiger partial charge in [-0.15, -0.1) is 0 Å². The molecule has 3 nitrogen and oxygen atoms in total. The lowest BCUT2D eigenvalue weighted by Gasteiger charge is -2.16. The van der Waals surface area contributed by atoms with Crippen molar-refractivity contribution in [2.45, 2.75) is 0 Å². The van der Waals surface area contributed by atoms with E-state index in [-0.39, 0.29) is 0 Å². The van der Waals surface area contributed by atoms with Crippen LogP contribution in [0.1, 0.15) is 0 Å². The second kappa shape index (κ2) is 12.9. The summed E-state index contributed by atoms with van der Waals surface area (Å²) in [4.78, 5) is 16.1. The van der Waals surface area contributed by atoms with Gasteiger partial charge in [-0.3, -0.25) is 0 Å². The summed E-state index contributed by atoms with van der Waals surface area (Å²) in [6.45, 7) is 0. The molecule has 3 heterocycles. The van der Waals surface area contributed by atoms with Gasteiger partial charge in [-0.25, -0.2) is 15.0 Å². The summed E-state index contributed by atoms with van der Waals surface area (Å²) < 4.78 is 0. The predicted octanol–water partition coefficient (Wildman–Crippen LogP) is 14.6. The number of benzene rings is 9. The van der Waals surface area contributed by atoms with Crippen LogP contribution in [0.25, 0.3) is 121 Å². The van der Waals surface area contributed by atoms with Gasteiger partial charge in [-0.2, -0.15) is 0 Å². The fraction of sp³-hybridized carbons (Fsp3) is 0. The van der Waals surface area contributed by atoms with Gasteiger partial charge in [-0.05, 0) is 61.6 Å². The van der Waals surface area contributed by atoms with Crippen LogP contribution >= 0.6 is 0 Å². The lowest BCUT2D eigenvalue weighted by Crippen LogP contribution is -1.93. The third-order valence-electron chi connectivity index (χ3n) is 11.8. The summed E-state index contributed by atoms with van der Waals surface area (Å²) in [7, 11) is 0. The molecule has 0 aliphatic carbocycles. The van der Waals surface area contributed by atoms with Gasteiger partial charge in [0.05, 0.1) is 33.6 Å². The Bertz CT molecular complexity index is 3630. The van der Waals surface area contributed by atoms with E-state index in [2.05, 4.69) is 194 Å². The van der Waals surface area contributed by atoms with Crippen LogP contribution in [0.3, 0.4) is 0 Å². The van der Waals surface area contributed by atoms with Crippen molar-refractivity contribution < 1.29 is 0 Å². The van der Waals surface area contributed by atoms with Crippen molar-refractivity contribution in [2.24, 2.45) is 0 Å². The number of nitrogens with zero attached hydrogens (tertiary/aromatic N) is 3. The molecule has 0 aliphatic rings. The topological polar surface area (TPSA) is 38.7 Å². The van der Waals surface area contributed by atoms with Crippen LogP contribution in [0, 0.1) is 0 Å². The van der Waals surface area contributed by atoms with Gasteiger partial charge in [0.15, 0.2) is 0 Å². The van der Waals surface area contributed by atoms with E-state index in [0.29, 0.717) is 0 Å². The summed E-state index contributed by atoms with van der Waals surface area (Å²) in [6, 6.07) is 71.4. The maximum absolute atomic E-state index is 5.56. The molecule has 0 saturated heterocycles. The molecule has 3 aromatic heterocycles. The molecule has 12 rings (SSSR count). The smallest absolute Gasteiger partial charge is 0.0972 e. The maximum Gasteiger partial charge on any atom is 0.0972 e. The molecule has 12 aromatic rings. The van der Waals surface area contributed by atoms with Crippen molar-refractivity contribution in [1.82, 2.24) is 15.0 Å². The highest BCUT2D eigenvalue weighted by Crippen LogP contribution is 2.42. The number of fused-ring (bicyclic) bond motifs is 12. The van der Waals surface area contributed by atoms with Crippen LogP contribution in [0.2, 0.25) is 0 Å². The van der Waals surface area contributed by atoms with E-state index in [1.807, 2.05) is 6.07 Å². The van der Waals surface area contributed by atoms with E-state index in [9.17, 15) is 0 Å². The normalized spacial score (nSPS) is 11.8. The van der Waals surface area contributed by atoms with Crippen molar-refractivity contribution in [3.05, 3.63) is 200 Å². The zero-order valence-corrected chi connectivity index (χ0v) is 31.4. The first-order valence-corrected chi connectivity index (χ1v) is 19.8. The molecule has 3 heteroatoms. The Kier molecular flexibility index (Phi) is 7.23. The Morgan fingerprint density at radius 1 is 0.259 bits per heavy atom. The monoisotopic (exact) mass is 735 g/mol. The van der Waals surface area contributed by atoms with Crippen molar-refractivity contribution in [3.63, 3.8) is 0 Å². The van der Waals surface area contributed by atoms with Gasteiger partial charge >= 0.3 is 0 Å². The average molecular weight is 736 g/mol. The number of aromatic nitrogens is 3. The summed E-state index contributed by atoms with van der Waals surface area (Å²) in [6.07, 6.45) is 0. The molecule has 9 aromatic carbocycles. The van der Waals surface area contributed by atoms with E-state index >= 15 is 0 Å². The van der Waals surface area contributed by atoms with Crippen LogP contribution in [0.15, 0.2) is 200 Å². The quantitative estimate of drug-likeness (QED) is 0.169. The highest BCUT2D eigenvalue weighted by atomic mass is 14.8. The molecule has 268 valence electrons. The molecule has 0 spiro atoms. The number of pyridine rings is 3. The zero-order chi connectivity index (χ0) is 38.2. The lowest BCUT2D eigenvalue weighted by atomic mass is 9.90. The van der Waals surface area contributed by atoms with Crippen molar-refractivity contribution in [3.8, 4) is 44.9 Å². The first-order valence-electron chi connectivity index (χ1n) is 19.8. The standard InChI is InChI=1S/C55H33N3/c1-2-13-34(14-3-1)49-31-27-35-25-26-36-28-32-50(57-54(36)53(35)56-49)44-30-29-39(40-17-4-5-18-41(40)44)37-15-12-16-38(33-37)52-48-24-11-9-22-46(48)51-45-21-8-6-19-42(45)43-20-7-10-23-47(43)55(51)58-52/h1-33H. The third kappa shape index (κ3) is 5.04. The summed E-state index contributed by atoms with van der Waals surface area (Å²) in [5.41, 5.74) is 11.3. The van der Waals surface area contributed by atoms with E-state index in [0.717, 1.165) is 77.4 Å². The molecule has 0 radical (unpaired) electrons. The van der Waals surface area contributed by atoms with Crippen LogP contribution in [0.5, 0.6) is 0 Å². The Balaban J connectivity index is 1.02. The van der Waals surface area contributed by atoms with Crippen LogP contribution < -0.4 is 0 Å². The second-order valence-corrected chi connectivity index (χ2v) is 15.1. The van der Waals surface area contributed by atoms with Crippen LogP contribution in [-0.4, -0.2) is 15.0 Å². The summed E-state index contributed by atoms with van der Waals surface area (Å²) in [5.74, 6) is 0. The molecular weight excluding hydrogens is 703 g/mol. The highest BCUT2D eigenvalue weighted by Gasteiger charge is 2.18. The van der Waals surface area contributed by atoms with E-state index in [1.165, 1.54) is 43.3 Å². The molecule has 58 heavy (non-hydrogen) atoms. The fourth-order valence-corrected chi connectivity index (χ4v) is 9.11. The Labute approximate surface area is 334 Å². The predicted molar refractivity (Wildman–Crippen MR) is 244 cm³/mol. The van der Waals surface area contributed by atoms with Crippen LogP contribution in [0.4, 0.5) is 0 Å². The fourth-order valence-electron chi connectivity index (χ4n) is 9.11. The molecule has 0 fully saturated rings. The first-order chi connectivity index (χ1) is 28.8. The SMILES string of the molecule is c1ccc(-c2ccc3ccc4ccc(-c5ccc(-c6cccc(-c7nc8c9ccccc9c9ccccc9c8c8ccccc78)c6)c6ccccc56)nc4c3n2)cc1. The minimum atomic E-state index is 0.907. The van der Waals surface area contributed by atoms with Crippen molar-refractivity contribution >= 4 is 75.8 Å². The van der Waals surface area contributed by atoms with Gasteiger partial charge in [0.1, 0.15) is 0 Å². The Hall–Kier alpha value is -7.75. The van der Waals surface area contributed by atoms with Crippen molar-refractivity contribution in [1.29, 1.82) is 0 Å². The minimum Gasteiger partial charge on any atom is -0.246 e. The van der Waals surface area contributed by atoms with Gasteiger partial charge in [0.2, 0.25) is 0 Å². The van der Waals surface area contributed by atoms with Gasteiger partial charge in [0.25, 0.3) is 0 Å². The van der Waals surface area contributed by atoms with E-state index in [1.54, 1.807) is 0 Å². The second-order valence-electron chi connectivity index (χ2n) is 15.1. The largest absolute Gasteiger partial charge is 0.246 e. The summed E-state index contributed by atoms with van der Waals surface area (Å²) >= 11 is 0.